The molecule has 0 saturated carbocycles. The molecule has 1 N–H and O–H groups in total. The molecule has 0 fully saturated rings. The maximum absolute atomic E-state index is 13.0. The lowest BCUT2D eigenvalue weighted by atomic mass is 9.94. The van der Waals surface area contributed by atoms with E-state index < -0.39 is 0 Å². The smallest absolute Gasteiger partial charge is 0.338 e. The number of benzene rings is 1. The van der Waals surface area contributed by atoms with Crippen molar-refractivity contribution in [2.45, 2.75) is 32.7 Å². The molecular weight excluding hydrogens is 340 g/mol. The Labute approximate surface area is 157 Å². The third-order valence-corrected chi connectivity index (χ3v) is 4.71. The number of carbonyl (C=O) groups excluding carboxylic acids is 1. The molecule has 3 heterocycles. The van der Waals surface area contributed by atoms with Gasteiger partial charge in [0.2, 0.25) is 5.95 Å². The number of rotatable bonds is 5. The van der Waals surface area contributed by atoms with Crippen molar-refractivity contribution < 1.29 is 9.53 Å². The second-order valence-electron chi connectivity index (χ2n) is 6.47. The molecule has 4 rings (SSSR count). The first-order valence-electron chi connectivity index (χ1n) is 9.28. The molecule has 3 aromatic rings. The van der Waals surface area contributed by atoms with Crippen LogP contribution in [0.1, 0.15) is 38.3 Å². The fraction of sp³-hybridized carbons (Fsp3) is 0.286. The highest BCUT2D eigenvalue weighted by Crippen LogP contribution is 2.40. The number of carbonyl (C=O) groups is 1. The van der Waals surface area contributed by atoms with E-state index in [4.69, 9.17) is 9.72 Å². The van der Waals surface area contributed by atoms with E-state index in [1.54, 1.807) is 12.4 Å². The van der Waals surface area contributed by atoms with Gasteiger partial charge in [-0.05, 0) is 37.1 Å². The van der Waals surface area contributed by atoms with E-state index in [-0.39, 0.29) is 12.0 Å². The van der Waals surface area contributed by atoms with Gasteiger partial charge in [-0.3, -0.25) is 9.55 Å². The van der Waals surface area contributed by atoms with Crippen LogP contribution in [0.5, 0.6) is 0 Å². The Morgan fingerprint density at radius 1 is 1.22 bits per heavy atom. The molecule has 1 aromatic carbocycles. The van der Waals surface area contributed by atoms with Gasteiger partial charge in [-0.1, -0.05) is 31.5 Å². The maximum Gasteiger partial charge on any atom is 0.338 e. The van der Waals surface area contributed by atoms with Gasteiger partial charge in [0.05, 0.1) is 29.3 Å². The summed E-state index contributed by atoms with van der Waals surface area (Å²) in [4.78, 5) is 22.0. The topological polar surface area (TPSA) is 69.0 Å². The van der Waals surface area contributed by atoms with Gasteiger partial charge in [0.15, 0.2) is 0 Å². The molecule has 1 aliphatic heterocycles. The van der Waals surface area contributed by atoms with Gasteiger partial charge in [-0.15, -0.1) is 0 Å². The van der Waals surface area contributed by atoms with Crippen LogP contribution in [0, 0.1) is 0 Å². The van der Waals surface area contributed by atoms with Crippen LogP contribution >= 0.6 is 0 Å². The number of hydrogen-bond acceptors (Lipinski definition) is 5. The number of allylic oxidation sites excluding steroid dienone is 1. The number of hydrogen-bond donors (Lipinski definition) is 1. The van der Waals surface area contributed by atoms with Crippen molar-refractivity contribution in [3.63, 3.8) is 0 Å². The number of imidazole rings is 1. The summed E-state index contributed by atoms with van der Waals surface area (Å²) in [5.74, 6) is 0.437. The zero-order chi connectivity index (χ0) is 18.8. The van der Waals surface area contributed by atoms with Gasteiger partial charge >= 0.3 is 5.97 Å². The third kappa shape index (κ3) is 2.97. The number of nitrogens with one attached hydrogen (secondary N) is 1. The van der Waals surface area contributed by atoms with Crippen LogP contribution < -0.4 is 5.32 Å². The van der Waals surface area contributed by atoms with Gasteiger partial charge in [-0.25, -0.2) is 9.78 Å². The van der Waals surface area contributed by atoms with Crippen LogP contribution in [0.3, 0.4) is 0 Å². The Balaban J connectivity index is 1.99. The summed E-state index contributed by atoms with van der Waals surface area (Å²) in [7, 11) is 0. The van der Waals surface area contributed by atoms with Crippen molar-refractivity contribution >= 4 is 23.0 Å². The molecule has 27 heavy (non-hydrogen) atoms. The number of aromatic nitrogens is 3. The molecule has 0 radical (unpaired) electrons. The lowest BCUT2D eigenvalue weighted by molar-refractivity contribution is -0.139. The fourth-order valence-electron chi connectivity index (χ4n) is 3.63. The van der Waals surface area contributed by atoms with E-state index in [2.05, 4.69) is 21.8 Å². The minimum Gasteiger partial charge on any atom is -0.463 e. The molecule has 1 atom stereocenters. The van der Waals surface area contributed by atoms with Crippen LogP contribution in [0.25, 0.3) is 11.0 Å². The molecule has 138 valence electrons. The summed E-state index contributed by atoms with van der Waals surface area (Å²) in [6.07, 6.45) is 5.19. The lowest BCUT2D eigenvalue weighted by Gasteiger charge is -2.31. The molecular formula is C21H22N4O2. The molecule has 0 saturated heterocycles. The summed E-state index contributed by atoms with van der Waals surface area (Å²) in [5, 5.41) is 3.39. The summed E-state index contributed by atoms with van der Waals surface area (Å²) < 4.78 is 7.49. The molecule has 0 unspecified atom stereocenters. The standard InChI is InChI=1S/C21H22N4O2/c1-3-8-16-18(20(26)27-4-2)19(14-9-7-12-22-13-14)25-17-11-6-5-10-15(17)23-21(25)24-16/h5-7,9-13,19H,3-4,8H2,1-2H3,(H,23,24)/t19-/m1/s1. The Morgan fingerprint density at radius 2 is 2.07 bits per heavy atom. The average Bonchev–Trinajstić information content (AvgIpc) is 3.06. The van der Waals surface area contributed by atoms with Gasteiger partial charge in [0.1, 0.15) is 0 Å². The first-order chi connectivity index (χ1) is 13.2. The second-order valence-corrected chi connectivity index (χ2v) is 6.47. The van der Waals surface area contributed by atoms with Crippen molar-refractivity contribution in [2.75, 3.05) is 11.9 Å². The first kappa shape index (κ1) is 17.3. The van der Waals surface area contributed by atoms with E-state index in [0.29, 0.717) is 12.2 Å². The van der Waals surface area contributed by atoms with Crippen LogP contribution in [0.15, 0.2) is 60.1 Å². The fourth-order valence-corrected chi connectivity index (χ4v) is 3.63. The molecule has 2 aromatic heterocycles. The largest absolute Gasteiger partial charge is 0.463 e. The number of para-hydroxylation sites is 2. The lowest BCUT2D eigenvalue weighted by Crippen LogP contribution is -2.29. The van der Waals surface area contributed by atoms with Crippen LogP contribution in [-0.2, 0) is 9.53 Å². The van der Waals surface area contributed by atoms with Crippen molar-refractivity contribution in [1.29, 1.82) is 0 Å². The summed E-state index contributed by atoms with van der Waals surface area (Å²) in [6.45, 7) is 4.25. The highest BCUT2D eigenvalue weighted by molar-refractivity contribution is 5.94. The molecule has 0 bridgehead atoms. The number of nitrogens with zero attached hydrogens (tertiary/aromatic N) is 3. The number of ether oxygens (including phenoxy) is 1. The Bertz CT molecular complexity index is 1010. The van der Waals surface area contributed by atoms with Gasteiger partial charge in [0, 0.05) is 18.1 Å². The van der Waals surface area contributed by atoms with Crippen LogP contribution in [0.2, 0.25) is 0 Å². The van der Waals surface area contributed by atoms with Gasteiger partial charge in [0.25, 0.3) is 0 Å². The number of fused-ring (bicyclic) bond motifs is 3. The predicted octanol–water partition coefficient (Wildman–Crippen LogP) is 4.06. The predicted molar refractivity (Wildman–Crippen MR) is 104 cm³/mol. The summed E-state index contributed by atoms with van der Waals surface area (Å²) >= 11 is 0. The highest BCUT2D eigenvalue weighted by Gasteiger charge is 2.35. The number of esters is 1. The summed E-state index contributed by atoms with van der Waals surface area (Å²) in [5.41, 5.74) is 4.27. The molecule has 0 aliphatic carbocycles. The minimum absolute atomic E-state index is 0.300. The second kappa shape index (κ2) is 7.23. The molecule has 6 nitrogen and oxygen atoms in total. The van der Waals surface area contributed by atoms with Crippen molar-refractivity contribution in [2.24, 2.45) is 0 Å². The molecule has 1 aliphatic rings. The zero-order valence-electron chi connectivity index (χ0n) is 15.5. The first-order valence-corrected chi connectivity index (χ1v) is 9.28. The molecule has 0 amide bonds. The SMILES string of the molecule is CCCC1=C(C(=O)OCC)[C@@H](c2cccnc2)n2c(nc3ccccc32)N1. The van der Waals surface area contributed by atoms with Crippen LogP contribution in [0.4, 0.5) is 5.95 Å². The van der Waals surface area contributed by atoms with Crippen molar-refractivity contribution in [1.82, 2.24) is 14.5 Å². The van der Waals surface area contributed by atoms with E-state index >= 15 is 0 Å². The highest BCUT2D eigenvalue weighted by atomic mass is 16.5. The van der Waals surface area contributed by atoms with Gasteiger partial charge < -0.3 is 10.1 Å². The van der Waals surface area contributed by atoms with E-state index in [1.165, 1.54) is 0 Å². The summed E-state index contributed by atoms with van der Waals surface area (Å²) in [6, 6.07) is 11.5. The number of anilines is 1. The average molecular weight is 362 g/mol. The quantitative estimate of drug-likeness (QED) is 0.693. The Hall–Kier alpha value is -3.15. The van der Waals surface area contributed by atoms with Crippen molar-refractivity contribution in [3.05, 3.63) is 65.6 Å². The van der Waals surface area contributed by atoms with Crippen LogP contribution in [-0.4, -0.2) is 27.1 Å². The third-order valence-electron chi connectivity index (χ3n) is 4.71. The maximum atomic E-state index is 13.0. The Morgan fingerprint density at radius 3 is 2.81 bits per heavy atom. The van der Waals surface area contributed by atoms with E-state index in [0.717, 1.165) is 41.1 Å². The van der Waals surface area contributed by atoms with E-state index in [9.17, 15) is 4.79 Å². The molecule has 0 spiro atoms. The monoisotopic (exact) mass is 362 g/mol. The normalized spacial score (nSPS) is 16.1. The van der Waals surface area contributed by atoms with Gasteiger partial charge in [-0.2, -0.15) is 0 Å². The van der Waals surface area contributed by atoms with E-state index in [1.807, 2.05) is 43.3 Å². The van der Waals surface area contributed by atoms with Crippen molar-refractivity contribution in [3.8, 4) is 0 Å². The number of pyridine rings is 1. The molecule has 6 heteroatoms. The Kier molecular flexibility index (Phi) is 4.62. The zero-order valence-corrected chi connectivity index (χ0v) is 15.5. The minimum atomic E-state index is -0.331.